The van der Waals surface area contributed by atoms with Crippen LogP contribution in [-0.2, 0) is 12.0 Å². The number of carbonyl (C=O) groups is 1. The second kappa shape index (κ2) is 4.55. The Hall–Kier alpha value is -2.43. The highest BCUT2D eigenvalue weighted by Gasteiger charge is 2.49. The molecular weight excluding hydrogens is 264 g/mol. The van der Waals surface area contributed by atoms with Crippen molar-refractivity contribution in [1.29, 1.82) is 0 Å². The molecule has 0 bridgehead atoms. The lowest BCUT2D eigenvalue weighted by molar-refractivity contribution is 0.197. The largest absolute Gasteiger partial charge is 0.322 e. The number of hydrogen-bond donors (Lipinski definition) is 1. The van der Waals surface area contributed by atoms with Crippen molar-refractivity contribution >= 4 is 11.7 Å². The van der Waals surface area contributed by atoms with Crippen molar-refractivity contribution < 1.29 is 4.79 Å². The summed E-state index contributed by atoms with van der Waals surface area (Å²) in [7, 11) is 0. The van der Waals surface area contributed by atoms with E-state index in [1.165, 1.54) is 24.0 Å². The third-order valence-corrected chi connectivity index (χ3v) is 4.42. The molecule has 2 heterocycles. The van der Waals surface area contributed by atoms with Crippen LogP contribution in [0.2, 0.25) is 0 Å². The fourth-order valence-corrected chi connectivity index (χ4v) is 3.18. The van der Waals surface area contributed by atoms with Crippen molar-refractivity contribution in [2.24, 2.45) is 0 Å². The van der Waals surface area contributed by atoms with Crippen molar-refractivity contribution in [1.82, 2.24) is 15.1 Å². The van der Waals surface area contributed by atoms with Crippen LogP contribution in [0.4, 0.5) is 10.5 Å². The highest BCUT2D eigenvalue weighted by Crippen LogP contribution is 2.52. The molecule has 2 amide bonds. The maximum atomic E-state index is 12.5. The van der Waals surface area contributed by atoms with Gasteiger partial charge in [-0.15, -0.1) is 0 Å². The Labute approximate surface area is 123 Å². The number of carbonyl (C=O) groups excluding carboxylic acids is 1. The van der Waals surface area contributed by atoms with E-state index in [2.05, 4.69) is 33.7 Å². The SMILES string of the molecule is O=C(Nc1ccnnc1)N1Cc2ccccc2C2(CC2)C1. The summed E-state index contributed by atoms with van der Waals surface area (Å²) >= 11 is 0. The Balaban J connectivity index is 1.57. The van der Waals surface area contributed by atoms with Crippen molar-refractivity contribution in [3.8, 4) is 0 Å². The van der Waals surface area contributed by atoms with Gasteiger partial charge < -0.3 is 10.2 Å². The van der Waals surface area contributed by atoms with E-state index in [1.54, 1.807) is 18.5 Å². The van der Waals surface area contributed by atoms with Crippen LogP contribution in [0.1, 0.15) is 24.0 Å². The molecule has 1 aromatic carbocycles. The molecule has 1 spiro atoms. The molecule has 0 saturated heterocycles. The summed E-state index contributed by atoms with van der Waals surface area (Å²) < 4.78 is 0. The number of urea groups is 1. The zero-order chi connectivity index (χ0) is 14.3. The van der Waals surface area contributed by atoms with Gasteiger partial charge in [-0.25, -0.2) is 4.79 Å². The third-order valence-electron chi connectivity index (χ3n) is 4.42. The molecule has 1 aliphatic carbocycles. The number of nitrogens with one attached hydrogen (secondary N) is 1. The van der Waals surface area contributed by atoms with E-state index in [9.17, 15) is 4.79 Å². The Morgan fingerprint density at radius 2 is 2.05 bits per heavy atom. The van der Waals surface area contributed by atoms with Crippen LogP contribution in [0.15, 0.2) is 42.7 Å². The molecule has 2 aromatic rings. The first-order valence-corrected chi connectivity index (χ1v) is 7.18. The van der Waals surface area contributed by atoms with Gasteiger partial charge in [-0.1, -0.05) is 24.3 Å². The second-order valence-corrected chi connectivity index (χ2v) is 5.85. The quantitative estimate of drug-likeness (QED) is 0.873. The van der Waals surface area contributed by atoms with E-state index in [-0.39, 0.29) is 11.4 Å². The van der Waals surface area contributed by atoms with Crippen molar-refractivity contribution in [3.05, 3.63) is 53.9 Å². The zero-order valence-electron chi connectivity index (χ0n) is 11.6. The van der Waals surface area contributed by atoms with E-state index < -0.39 is 0 Å². The average molecular weight is 280 g/mol. The topological polar surface area (TPSA) is 58.1 Å². The lowest BCUT2D eigenvalue weighted by Gasteiger charge is -2.35. The molecule has 5 nitrogen and oxygen atoms in total. The van der Waals surface area contributed by atoms with Crippen LogP contribution >= 0.6 is 0 Å². The standard InChI is InChI=1S/C16H16N4O/c21-15(19-13-5-8-17-18-9-13)20-10-12-3-1-2-4-14(12)16(11-20)6-7-16/h1-5,8-9H,6-7,10-11H2,(H,17,19,21). The van der Waals surface area contributed by atoms with Gasteiger partial charge in [0.15, 0.2) is 0 Å². The Bertz CT molecular complexity index is 682. The first-order chi connectivity index (χ1) is 10.3. The normalized spacial score (nSPS) is 18.2. The lowest BCUT2D eigenvalue weighted by Crippen LogP contribution is -2.43. The smallest absolute Gasteiger partial charge is 0.319 e. The fraction of sp³-hybridized carbons (Fsp3) is 0.312. The van der Waals surface area contributed by atoms with E-state index in [1.807, 2.05) is 11.0 Å². The van der Waals surface area contributed by atoms with Gasteiger partial charge in [-0.05, 0) is 30.0 Å². The maximum Gasteiger partial charge on any atom is 0.322 e. The number of amides is 2. The Kier molecular flexibility index (Phi) is 2.67. The minimum Gasteiger partial charge on any atom is -0.319 e. The number of anilines is 1. The predicted octanol–water partition coefficient (Wildman–Crippen LogP) is 2.56. The van der Waals surface area contributed by atoms with E-state index >= 15 is 0 Å². The summed E-state index contributed by atoms with van der Waals surface area (Å²) in [5, 5.41) is 10.4. The molecule has 1 aromatic heterocycles. The summed E-state index contributed by atoms with van der Waals surface area (Å²) in [5.74, 6) is 0. The number of rotatable bonds is 1. The monoisotopic (exact) mass is 280 g/mol. The summed E-state index contributed by atoms with van der Waals surface area (Å²) in [4.78, 5) is 14.4. The molecule has 4 rings (SSSR count). The van der Waals surface area contributed by atoms with Gasteiger partial charge in [-0.3, -0.25) is 0 Å². The summed E-state index contributed by atoms with van der Waals surface area (Å²) in [5.41, 5.74) is 3.57. The molecule has 106 valence electrons. The van der Waals surface area contributed by atoms with Crippen LogP contribution in [0, 0.1) is 0 Å². The molecule has 1 N–H and O–H groups in total. The summed E-state index contributed by atoms with van der Waals surface area (Å²) in [6.07, 6.45) is 5.47. The molecule has 2 aliphatic rings. The fourth-order valence-electron chi connectivity index (χ4n) is 3.18. The summed E-state index contributed by atoms with van der Waals surface area (Å²) in [6, 6.07) is 10.2. The number of nitrogens with zero attached hydrogens (tertiary/aromatic N) is 3. The Morgan fingerprint density at radius 3 is 2.81 bits per heavy atom. The number of fused-ring (bicyclic) bond motifs is 2. The predicted molar refractivity (Wildman–Crippen MR) is 78.8 cm³/mol. The number of aromatic nitrogens is 2. The minimum atomic E-state index is -0.0659. The third kappa shape index (κ3) is 2.14. The molecule has 21 heavy (non-hydrogen) atoms. The average Bonchev–Trinajstić information content (AvgIpc) is 3.28. The Morgan fingerprint density at radius 1 is 1.19 bits per heavy atom. The molecule has 0 radical (unpaired) electrons. The maximum absolute atomic E-state index is 12.5. The van der Waals surface area contributed by atoms with E-state index in [4.69, 9.17) is 0 Å². The van der Waals surface area contributed by atoms with Gasteiger partial charge in [0.25, 0.3) is 0 Å². The van der Waals surface area contributed by atoms with Crippen molar-refractivity contribution in [2.75, 3.05) is 11.9 Å². The minimum absolute atomic E-state index is 0.0659. The molecule has 5 heteroatoms. The van der Waals surface area contributed by atoms with E-state index in [0.717, 1.165) is 6.54 Å². The second-order valence-electron chi connectivity index (χ2n) is 5.85. The van der Waals surface area contributed by atoms with Gasteiger partial charge in [0.1, 0.15) is 0 Å². The van der Waals surface area contributed by atoms with Gasteiger partial charge in [0, 0.05) is 18.5 Å². The van der Waals surface area contributed by atoms with E-state index in [0.29, 0.717) is 12.2 Å². The first-order valence-electron chi connectivity index (χ1n) is 7.18. The van der Waals surface area contributed by atoms with Crippen molar-refractivity contribution in [2.45, 2.75) is 24.8 Å². The van der Waals surface area contributed by atoms with Crippen LogP contribution in [0.3, 0.4) is 0 Å². The zero-order valence-corrected chi connectivity index (χ0v) is 11.6. The molecule has 0 atom stereocenters. The van der Waals surface area contributed by atoms with Crippen LogP contribution in [-0.4, -0.2) is 27.7 Å². The van der Waals surface area contributed by atoms with Crippen molar-refractivity contribution in [3.63, 3.8) is 0 Å². The van der Waals surface area contributed by atoms with Gasteiger partial charge in [-0.2, -0.15) is 10.2 Å². The summed E-state index contributed by atoms with van der Waals surface area (Å²) in [6.45, 7) is 1.47. The molecule has 1 aliphatic heterocycles. The first kappa shape index (κ1) is 12.3. The van der Waals surface area contributed by atoms with Crippen LogP contribution < -0.4 is 5.32 Å². The molecule has 1 fully saturated rings. The van der Waals surface area contributed by atoms with Gasteiger partial charge >= 0.3 is 6.03 Å². The molecule has 1 saturated carbocycles. The lowest BCUT2D eigenvalue weighted by atomic mass is 9.87. The van der Waals surface area contributed by atoms with Crippen LogP contribution in [0.25, 0.3) is 0 Å². The highest BCUT2D eigenvalue weighted by atomic mass is 16.2. The van der Waals surface area contributed by atoms with Gasteiger partial charge in [0.05, 0.1) is 18.1 Å². The number of hydrogen-bond acceptors (Lipinski definition) is 3. The molecular formula is C16H16N4O. The number of benzene rings is 1. The molecule has 0 unspecified atom stereocenters. The highest BCUT2D eigenvalue weighted by molar-refractivity contribution is 5.89. The van der Waals surface area contributed by atoms with Gasteiger partial charge in [0.2, 0.25) is 0 Å². The van der Waals surface area contributed by atoms with Crippen LogP contribution in [0.5, 0.6) is 0 Å².